The van der Waals surface area contributed by atoms with Crippen molar-refractivity contribution in [1.29, 1.82) is 0 Å². The van der Waals surface area contributed by atoms with Crippen LogP contribution >= 0.6 is 11.3 Å². The molecular weight excluding hydrogens is 326 g/mol. The van der Waals surface area contributed by atoms with Crippen molar-refractivity contribution in [2.75, 3.05) is 23.7 Å². The predicted octanol–water partition coefficient (Wildman–Crippen LogP) is 3.26. The average molecular weight is 350 g/mol. The van der Waals surface area contributed by atoms with E-state index in [0.717, 1.165) is 48.2 Å². The van der Waals surface area contributed by atoms with Gasteiger partial charge in [-0.05, 0) is 18.4 Å². The molecule has 1 aliphatic heterocycles. The smallest absolute Gasteiger partial charge is 0.208 e. The number of rotatable bonds is 5. The van der Waals surface area contributed by atoms with E-state index < -0.39 is 10.8 Å². The summed E-state index contributed by atoms with van der Waals surface area (Å²) in [4.78, 5) is 2.28. The molecule has 4 nitrogen and oxygen atoms in total. The highest BCUT2D eigenvalue weighted by molar-refractivity contribution is 7.86. The second kappa shape index (κ2) is 7.09. The van der Waals surface area contributed by atoms with Crippen LogP contribution in [-0.4, -0.2) is 38.0 Å². The van der Waals surface area contributed by atoms with Crippen molar-refractivity contribution in [3.05, 3.63) is 40.9 Å². The first kappa shape index (κ1) is 16.6. The average Bonchev–Trinajstić information content (AvgIpc) is 3.05. The van der Waals surface area contributed by atoms with E-state index >= 15 is 0 Å². The molecule has 1 aromatic carbocycles. The first-order chi connectivity index (χ1) is 11.2. The summed E-state index contributed by atoms with van der Waals surface area (Å²) in [7, 11) is -0.741. The van der Waals surface area contributed by atoms with Gasteiger partial charge in [-0.3, -0.25) is 4.21 Å². The van der Waals surface area contributed by atoms with Crippen LogP contribution in [0.25, 0.3) is 0 Å². The summed E-state index contributed by atoms with van der Waals surface area (Å²) in [6.45, 7) is 5.93. The molecule has 0 bridgehead atoms. The molecule has 2 heterocycles. The maximum Gasteiger partial charge on any atom is 0.208 e. The standard InChI is InChI=1S/C17H23N3OS2/c1-3-17(4-2)13-20(10-11-23(17)21)16-19-18-15(22-16)12-14-8-6-5-7-9-14/h5-9H,3-4,10-13H2,1-2H3. The van der Waals surface area contributed by atoms with Crippen LogP contribution in [0.5, 0.6) is 0 Å². The van der Waals surface area contributed by atoms with Crippen LogP contribution < -0.4 is 4.90 Å². The molecule has 0 saturated carbocycles. The Morgan fingerprint density at radius 3 is 2.65 bits per heavy atom. The lowest BCUT2D eigenvalue weighted by Gasteiger charge is -2.40. The molecule has 6 heteroatoms. The molecule has 0 amide bonds. The van der Waals surface area contributed by atoms with Gasteiger partial charge in [0.1, 0.15) is 5.01 Å². The molecule has 23 heavy (non-hydrogen) atoms. The fourth-order valence-electron chi connectivity index (χ4n) is 3.08. The van der Waals surface area contributed by atoms with Crippen molar-refractivity contribution in [2.24, 2.45) is 0 Å². The quantitative estimate of drug-likeness (QED) is 0.831. The van der Waals surface area contributed by atoms with E-state index in [1.165, 1.54) is 5.56 Å². The molecule has 1 aliphatic rings. The summed E-state index contributed by atoms with van der Waals surface area (Å²) in [5.41, 5.74) is 1.26. The largest absolute Gasteiger partial charge is 0.344 e. The van der Waals surface area contributed by atoms with Crippen LogP contribution in [-0.2, 0) is 17.2 Å². The van der Waals surface area contributed by atoms with Gasteiger partial charge in [0.2, 0.25) is 5.13 Å². The van der Waals surface area contributed by atoms with Crippen LogP contribution in [0.2, 0.25) is 0 Å². The molecule has 1 atom stereocenters. The third-order valence-electron chi connectivity index (χ3n) is 4.72. The second-order valence-corrected chi connectivity index (χ2v) is 9.01. The molecule has 1 saturated heterocycles. The zero-order valence-electron chi connectivity index (χ0n) is 13.7. The van der Waals surface area contributed by atoms with E-state index in [1.807, 2.05) is 18.2 Å². The number of anilines is 1. The lowest BCUT2D eigenvalue weighted by Crippen LogP contribution is -2.53. The Labute approximate surface area is 144 Å². The third-order valence-corrected chi connectivity index (χ3v) is 7.93. The maximum absolute atomic E-state index is 12.5. The molecule has 124 valence electrons. The van der Waals surface area contributed by atoms with Crippen LogP contribution in [0.1, 0.15) is 37.3 Å². The summed E-state index contributed by atoms with van der Waals surface area (Å²) in [5, 5.41) is 10.8. The Bertz CT molecular complexity index is 667. The Morgan fingerprint density at radius 2 is 1.96 bits per heavy atom. The first-order valence-corrected chi connectivity index (χ1v) is 10.3. The Hall–Kier alpha value is -1.27. The fourth-order valence-corrected chi connectivity index (χ4v) is 5.74. The van der Waals surface area contributed by atoms with Gasteiger partial charge in [-0.1, -0.05) is 55.5 Å². The van der Waals surface area contributed by atoms with Gasteiger partial charge in [0.05, 0.1) is 4.75 Å². The molecule has 2 aromatic rings. The van der Waals surface area contributed by atoms with Gasteiger partial charge in [-0.15, -0.1) is 10.2 Å². The lowest BCUT2D eigenvalue weighted by molar-refractivity contribution is 0.495. The summed E-state index contributed by atoms with van der Waals surface area (Å²) >= 11 is 1.66. The number of benzene rings is 1. The van der Waals surface area contributed by atoms with Crippen LogP contribution in [0.15, 0.2) is 30.3 Å². The summed E-state index contributed by atoms with van der Waals surface area (Å²) in [6, 6.07) is 10.4. The normalized spacial score (nSPS) is 20.6. The number of hydrogen-bond acceptors (Lipinski definition) is 5. The topological polar surface area (TPSA) is 46.1 Å². The van der Waals surface area contributed by atoms with Crippen molar-refractivity contribution < 1.29 is 4.21 Å². The van der Waals surface area contributed by atoms with Crippen LogP contribution in [0.3, 0.4) is 0 Å². The minimum absolute atomic E-state index is 0.0937. The number of hydrogen-bond donors (Lipinski definition) is 0. The van der Waals surface area contributed by atoms with Gasteiger partial charge in [-0.25, -0.2) is 0 Å². The molecule has 1 unspecified atom stereocenters. The van der Waals surface area contributed by atoms with Crippen LogP contribution in [0, 0.1) is 0 Å². The van der Waals surface area contributed by atoms with Gasteiger partial charge in [0.25, 0.3) is 0 Å². The fraction of sp³-hybridized carbons (Fsp3) is 0.529. The molecule has 0 radical (unpaired) electrons. The van der Waals surface area contributed by atoms with Gasteiger partial charge in [-0.2, -0.15) is 0 Å². The highest BCUT2D eigenvalue weighted by Gasteiger charge is 2.39. The van der Waals surface area contributed by atoms with Gasteiger partial charge in [0, 0.05) is 36.1 Å². The highest BCUT2D eigenvalue weighted by atomic mass is 32.2. The zero-order valence-corrected chi connectivity index (χ0v) is 15.3. The van der Waals surface area contributed by atoms with Crippen molar-refractivity contribution >= 4 is 27.3 Å². The second-order valence-electron chi connectivity index (χ2n) is 6.00. The molecule has 1 aromatic heterocycles. The zero-order chi connectivity index (χ0) is 16.3. The Morgan fingerprint density at radius 1 is 1.22 bits per heavy atom. The minimum atomic E-state index is -0.741. The summed E-state index contributed by atoms with van der Waals surface area (Å²) in [6.07, 6.45) is 2.72. The number of nitrogens with zero attached hydrogens (tertiary/aromatic N) is 3. The van der Waals surface area contributed by atoms with Crippen molar-refractivity contribution in [1.82, 2.24) is 10.2 Å². The molecule has 0 aliphatic carbocycles. The molecule has 3 rings (SSSR count). The number of aromatic nitrogens is 2. The molecule has 0 spiro atoms. The first-order valence-electron chi connectivity index (χ1n) is 8.16. The van der Waals surface area contributed by atoms with E-state index in [4.69, 9.17) is 0 Å². The van der Waals surface area contributed by atoms with Gasteiger partial charge >= 0.3 is 0 Å². The van der Waals surface area contributed by atoms with E-state index in [2.05, 4.69) is 41.1 Å². The van der Waals surface area contributed by atoms with Crippen molar-refractivity contribution in [3.8, 4) is 0 Å². The lowest BCUT2D eigenvalue weighted by atomic mass is 10.0. The molecule has 0 N–H and O–H groups in total. The van der Waals surface area contributed by atoms with Crippen LogP contribution in [0.4, 0.5) is 5.13 Å². The Balaban J connectivity index is 1.74. The Kier molecular flexibility index (Phi) is 5.11. The third kappa shape index (κ3) is 3.48. The highest BCUT2D eigenvalue weighted by Crippen LogP contribution is 2.32. The van der Waals surface area contributed by atoms with E-state index in [-0.39, 0.29) is 4.75 Å². The maximum atomic E-state index is 12.5. The SMILES string of the molecule is CCC1(CC)CN(c2nnc(Cc3ccccc3)s2)CCS1=O. The van der Waals surface area contributed by atoms with Crippen molar-refractivity contribution in [2.45, 2.75) is 37.9 Å². The van der Waals surface area contributed by atoms with E-state index in [1.54, 1.807) is 11.3 Å². The summed E-state index contributed by atoms with van der Waals surface area (Å²) < 4.78 is 12.4. The van der Waals surface area contributed by atoms with E-state index in [9.17, 15) is 4.21 Å². The van der Waals surface area contributed by atoms with Gasteiger partial charge in [0.15, 0.2) is 0 Å². The van der Waals surface area contributed by atoms with E-state index in [0.29, 0.717) is 0 Å². The molecular formula is C17H23N3OS2. The van der Waals surface area contributed by atoms with Crippen molar-refractivity contribution in [3.63, 3.8) is 0 Å². The predicted molar refractivity (Wildman–Crippen MR) is 97.7 cm³/mol. The summed E-state index contributed by atoms with van der Waals surface area (Å²) in [5.74, 6) is 0.731. The molecule has 1 fully saturated rings. The van der Waals surface area contributed by atoms with Gasteiger partial charge < -0.3 is 4.90 Å². The minimum Gasteiger partial charge on any atom is -0.344 e. The monoisotopic (exact) mass is 349 g/mol.